The van der Waals surface area contributed by atoms with Crippen LogP contribution in [0.25, 0.3) is 38.0 Å². The third-order valence-corrected chi connectivity index (χ3v) is 10.2. The first-order valence-corrected chi connectivity index (χ1v) is 17.2. The number of hydrogen-bond acceptors (Lipinski definition) is 5. The highest BCUT2D eigenvalue weighted by Crippen LogP contribution is 2.61. The number of fused-ring (bicyclic) bond motifs is 7. The zero-order chi connectivity index (χ0) is 33.5. The van der Waals surface area contributed by atoms with Crippen molar-refractivity contribution in [1.29, 1.82) is 0 Å². The molecular formula is C46H29N3O2. The van der Waals surface area contributed by atoms with Crippen LogP contribution in [0, 0.1) is 0 Å². The van der Waals surface area contributed by atoms with E-state index in [0.29, 0.717) is 0 Å². The molecule has 1 N–H and O–H groups in total. The molecule has 0 aliphatic carbocycles. The third-order valence-electron chi connectivity index (χ3n) is 10.2. The lowest BCUT2D eigenvalue weighted by atomic mass is 9.97. The molecular weight excluding hydrogens is 627 g/mol. The van der Waals surface area contributed by atoms with Gasteiger partial charge in [0.2, 0.25) is 0 Å². The molecule has 3 heterocycles. The molecule has 3 aliphatic heterocycles. The SMILES string of the molecule is C1=C(c2ccc3ccccc3c2)NC(c2cccc3c2Oc2cccc4c2N3c2cc3ccccc3cc2O4)N=C1c1ccc2ccccc2c1. The van der Waals surface area contributed by atoms with E-state index in [1.54, 1.807) is 0 Å². The van der Waals surface area contributed by atoms with Crippen molar-refractivity contribution in [1.82, 2.24) is 5.32 Å². The molecule has 0 saturated heterocycles. The van der Waals surface area contributed by atoms with E-state index >= 15 is 0 Å². The lowest BCUT2D eigenvalue weighted by Crippen LogP contribution is -2.26. The molecule has 5 heteroatoms. The van der Waals surface area contributed by atoms with E-state index in [0.717, 1.165) is 78.9 Å². The summed E-state index contributed by atoms with van der Waals surface area (Å²) in [5.74, 6) is 3.08. The molecule has 0 aromatic heterocycles. The van der Waals surface area contributed by atoms with Gasteiger partial charge < -0.3 is 14.8 Å². The molecule has 0 spiro atoms. The van der Waals surface area contributed by atoms with E-state index in [2.05, 4.69) is 156 Å². The second-order valence-electron chi connectivity index (χ2n) is 13.2. The number of rotatable bonds is 3. The second-order valence-corrected chi connectivity index (χ2v) is 13.2. The molecule has 1 atom stereocenters. The fraction of sp³-hybridized carbons (Fsp3) is 0.0217. The van der Waals surface area contributed by atoms with Crippen molar-refractivity contribution in [3.05, 3.63) is 180 Å². The molecule has 11 rings (SSSR count). The molecule has 0 fully saturated rings. The lowest BCUT2D eigenvalue weighted by Gasteiger charge is -2.39. The summed E-state index contributed by atoms with van der Waals surface area (Å²) in [7, 11) is 0. The molecule has 51 heavy (non-hydrogen) atoms. The van der Waals surface area contributed by atoms with Crippen LogP contribution in [-0.4, -0.2) is 5.71 Å². The smallest absolute Gasteiger partial charge is 0.158 e. The Labute approximate surface area is 294 Å². The Kier molecular flexibility index (Phi) is 5.95. The van der Waals surface area contributed by atoms with Crippen molar-refractivity contribution in [2.24, 2.45) is 4.99 Å². The maximum Gasteiger partial charge on any atom is 0.158 e. The summed E-state index contributed by atoms with van der Waals surface area (Å²) in [6.07, 6.45) is 1.75. The number of anilines is 3. The molecule has 0 bridgehead atoms. The van der Waals surface area contributed by atoms with E-state index < -0.39 is 6.17 Å². The maximum atomic E-state index is 6.86. The molecule has 0 radical (unpaired) electrons. The molecule has 0 saturated carbocycles. The zero-order valence-corrected chi connectivity index (χ0v) is 27.4. The minimum Gasteiger partial charge on any atom is -0.453 e. The van der Waals surface area contributed by atoms with Gasteiger partial charge in [-0.1, -0.05) is 115 Å². The zero-order valence-electron chi connectivity index (χ0n) is 27.4. The van der Waals surface area contributed by atoms with E-state index in [1.165, 1.54) is 21.5 Å². The van der Waals surface area contributed by atoms with Gasteiger partial charge in [-0.3, -0.25) is 9.89 Å². The largest absolute Gasteiger partial charge is 0.453 e. The number of allylic oxidation sites excluding steroid dienone is 1. The summed E-state index contributed by atoms with van der Waals surface area (Å²) >= 11 is 0. The van der Waals surface area contributed by atoms with Gasteiger partial charge in [-0.15, -0.1) is 0 Å². The molecule has 5 nitrogen and oxygen atoms in total. The highest BCUT2D eigenvalue weighted by atomic mass is 16.5. The Morgan fingerprint density at radius 3 is 1.84 bits per heavy atom. The van der Waals surface area contributed by atoms with Gasteiger partial charge in [-0.05, 0) is 86.4 Å². The van der Waals surface area contributed by atoms with E-state index in [9.17, 15) is 0 Å². The fourth-order valence-corrected chi connectivity index (χ4v) is 7.71. The van der Waals surface area contributed by atoms with Gasteiger partial charge in [0, 0.05) is 16.8 Å². The van der Waals surface area contributed by atoms with Crippen molar-refractivity contribution in [3.63, 3.8) is 0 Å². The van der Waals surface area contributed by atoms with Crippen LogP contribution in [0.4, 0.5) is 17.1 Å². The van der Waals surface area contributed by atoms with Crippen LogP contribution >= 0.6 is 0 Å². The van der Waals surface area contributed by atoms with Crippen LogP contribution in [-0.2, 0) is 0 Å². The first-order chi connectivity index (χ1) is 25.2. The second kappa shape index (κ2) is 10.8. The third kappa shape index (κ3) is 4.45. The van der Waals surface area contributed by atoms with Gasteiger partial charge in [-0.2, -0.15) is 0 Å². The van der Waals surface area contributed by atoms with Gasteiger partial charge in [0.05, 0.1) is 17.1 Å². The molecule has 240 valence electrons. The number of ether oxygens (including phenoxy) is 2. The number of para-hydroxylation sites is 2. The number of benzene rings is 8. The first-order valence-electron chi connectivity index (χ1n) is 17.2. The molecule has 1 unspecified atom stereocenters. The van der Waals surface area contributed by atoms with Gasteiger partial charge in [0.1, 0.15) is 11.9 Å². The Morgan fingerprint density at radius 2 is 1.10 bits per heavy atom. The summed E-state index contributed by atoms with van der Waals surface area (Å²) in [6, 6.07) is 55.2. The van der Waals surface area contributed by atoms with Crippen LogP contribution in [0.3, 0.4) is 0 Å². The normalized spacial score (nSPS) is 15.5. The number of nitrogens with zero attached hydrogens (tertiary/aromatic N) is 2. The van der Waals surface area contributed by atoms with Gasteiger partial charge in [-0.25, -0.2) is 0 Å². The maximum absolute atomic E-state index is 6.86. The van der Waals surface area contributed by atoms with Crippen molar-refractivity contribution in [2.45, 2.75) is 6.17 Å². The van der Waals surface area contributed by atoms with Crippen LogP contribution in [0.5, 0.6) is 23.0 Å². The van der Waals surface area contributed by atoms with Gasteiger partial charge >= 0.3 is 0 Å². The predicted octanol–water partition coefficient (Wildman–Crippen LogP) is 12.0. The quantitative estimate of drug-likeness (QED) is 0.206. The number of aliphatic imine (C=N–C) groups is 1. The monoisotopic (exact) mass is 655 g/mol. The van der Waals surface area contributed by atoms with Crippen molar-refractivity contribution in [3.8, 4) is 23.0 Å². The Bertz CT molecular complexity index is 2820. The summed E-state index contributed by atoms with van der Waals surface area (Å²) in [4.78, 5) is 7.69. The number of nitrogens with one attached hydrogen (secondary N) is 1. The molecule has 8 aromatic rings. The van der Waals surface area contributed by atoms with Gasteiger partial charge in [0.25, 0.3) is 0 Å². The fourth-order valence-electron chi connectivity index (χ4n) is 7.71. The summed E-state index contributed by atoms with van der Waals surface area (Å²) in [5.41, 5.74) is 7.84. The molecule has 8 aromatic carbocycles. The van der Waals surface area contributed by atoms with Crippen LogP contribution in [0.15, 0.2) is 169 Å². The standard InChI is InChI=1S/C46H29N3O2/c1-3-11-30-23-34(21-19-28(30)9-1)37-27-38(35-22-20-29-10-2-4-12-31(29)24-35)48-46(47-37)36-15-7-16-39-45(36)51-42-18-8-17-41-44(42)49(39)40-25-32-13-5-6-14-33(32)26-43(40)50-41/h1-27,46-47H. The minimum absolute atomic E-state index is 0.422. The Hall–Kier alpha value is -6.85. The Morgan fingerprint density at radius 1 is 0.490 bits per heavy atom. The summed E-state index contributed by atoms with van der Waals surface area (Å²) in [6.45, 7) is 0. The lowest BCUT2D eigenvalue weighted by molar-refractivity contribution is 0.439. The Balaban J connectivity index is 1.09. The number of hydrogen-bond donors (Lipinski definition) is 1. The van der Waals surface area contributed by atoms with E-state index in [4.69, 9.17) is 14.5 Å². The average Bonchev–Trinajstić information content (AvgIpc) is 3.19. The topological polar surface area (TPSA) is 46.1 Å². The van der Waals surface area contributed by atoms with Crippen LogP contribution in [0.1, 0.15) is 22.9 Å². The molecule has 3 aliphatic rings. The first kappa shape index (κ1) is 28.0. The predicted molar refractivity (Wildman–Crippen MR) is 207 cm³/mol. The summed E-state index contributed by atoms with van der Waals surface area (Å²) < 4.78 is 13.4. The van der Waals surface area contributed by atoms with E-state index in [-0.39, 0.29) is 0 Å². The minimum atomic E-state index is -0.422. The van der Waals surface area contributed by atoms with E-state index in [1.807, 2.05) is 18.2 Å². The average molecular weight is 656 g/mol. The van der Waals surface area contributed by atoms with Crippen molar-refractivity contribution in [2.75, 3.05) is 4.90 Å². The van der Waals surface area contributed by atoms with Crippen molar-refractivity contribution < 1.29 is 9.47 Å². The van der Waals surface area contributed by atoms with Gasteiger partial charge in [0.15, 0.2) is 23.0 Å². The summed E-state index contributed by atoms with van der Waals surface area (Å²) in [5, 5.41) is 10.9. The van der Waals surface area contributed by atoms with Crippen LogP contribution < -0.4 is 19.7 Å². The van der Waals surface area contributed by atoms with Crippen molar-refractivity contribution >= 4 is 60.8 Å². The molecule has 0 amide bonds. The van der Waals surface area contributed by atoms with Crippen LogP contribution in [0.2, 0.25) is 0 Å². The highest BCUT2D eigenvalue weighted by Gasteiger charge is 2.37. The highest BCUT2D eigenvalue weighted by molar-refractivity contribution is 6.14.